The largest absolute Gasteiger partial charge is 0.0619 e. The third kappa shape index (κ3) is 4.20. The van der Waals surface area contributed by atoms with Crippen LogP contribution in [0.4, 0.5) is 0 Å². The highest BCUT2D eigenvalue weighted by atomic mass is 14.4. The molecule has 0 spiro atoms. The summed E-state index contributed by atoms with van der Waals surface area (Å²) in [6, 6.07) is 55.3. The van der Waals surface area contributed by atoms with Gasteiger partial charge in [0.15, 0.2) is 0 Å². The molecule has 0 N–H and O–H groups in total. The van der Waals surface area contributed by atoms with E-state index in [1.807, 2.05) is 0 Å². The van der Waals surface area contributed by atoms with Crippen LogP contribution in [-0.2, 0) is 16.2 Å². The maximum atomic E-state index is 2.46. The third-order valence-electron chi connectivity index (χ3n) is 12.7. The monoisotopic (exact) mass is 654 g/mol. The van der Waals surface area contributed by atoms with Crippen molar-refractivity contribution in [1.29, 1.82) is 0 Å². The van der Waals surface area contributed by atoms with E-state index in [1.54, 1.807) is 0 Å². The summed E-state index contributed by atoms with van der Waals surface area (Å²) in [6.45, 7) is 14.2. The van der Waals surface area contributed by atoms with E-state index in [9.17, 15) is 0 Å². The van der Waals surface area contributed by atoms with Crippen LogP contribution in [0, 0.1) is 0 Å². The molecule has 0 heterocycles. The molecule has 0 aromatic heterocycles. The van der Waals surface area contributed by atoms with Gasteiger partial charge in [0.05, 0.1) is 0 Å². The fourth-order valence-electron chi connectivity index (χ4n) is 9.72. The molecule has 7 aromatic carbocycles. The van der Waals surface area contributed by atoms with Gasteiger partial charge in [-0.25, -0.2) is 0 Å². The highest BCUT2D eigenvalue weighted by Gasteiger charge is 2.38. The van der Waals surface area contributed by atoms with Gasteiger partial charge in [0.1, 0.15) is 0 Å². The highest BCUT2D eigenvalue weighted by Crippen LogP contribution is 2.53. The summed E-state index contributed by atoms with van der Waals surface area (Å²) in [5.74, 6) is 0. The molecule has 0 heteroatoms. The van der Waals surface area contributed by atoms with E-state index in [-0.39, 0.29) is 16.2 Å². The average Bonchev–Trinajstić information content (AvgIpc) is 3.63. The molecular formula is C51H42. The van der Waals surface area contributed by atoms with Gasteiger partial charge in [0.2, 0.25) is 0 Å². The summed E-state index contributed by atoms with van der Waals surface area (Å²) in [4.78, 5) is 0. The van der Waals surface area contributed by atoms with Crippen LogP contribution in [0.2, 0.25) is 0 Å². The molecule has 0 radical (unpaired) electrons. The predicted molar refractivity (Wildman–Crippen MR) is 215 cm³/mol. The van der Waals surface area contributed by atoms with Crippen molar-refractivity contribution in [2.45, 2.75) is 57.8 Å². The van der Waals surface area contributed by atoms with Gasteiger partial charge in [0, 0.05) is 16.2 Å². The van der Waals surface area contributed by atoms with Crippen molar-refractivity contribution in [3.05, 3.63) is 179 Å². The third-order valence-corrected chi connectivity index (χ3v) is 12.7. The van der Waals surface area contributed by atoms with E-state index in [4.69, 9.17) is 0 Å². The second-order valence-electron chi connectivity index (χ2n) is 16.6. The lowest BCUT2D eigenvalue weighted by Crippen LogP contribution is -2.15. The molecule has 0 saturated heterocycles. The topological polar surface area (TPSA) is 0 Å². The zero-order valence-electron chi connectivity index (χ0n) is 30.4. The van der Waals surface area contributed by atoms with Crippen molar-refractivity contribution in [1.82, 2.24) is 0 Å². The smallest absolute Gasteiger partial charge is 0.0159 e. The van der Waals surface area contributed by atoms with Crippen molar-refractivity contribution < 1.29 is 0 Å². The lowest BCUT2D eigenvalue weighted by atomic mass is 9.80. The molecule has 10 rings (SSSR count). The standard InChI is InChI=1S/C51H42/c1-49(2)43-13-9-7-11-37(43)39-23-19-33(27-45(39)49)31-15-17-32(18-16-31)34-20-24-41-42-26-22-36(30-48(42)51(5,6)47(41)28-34)35-21-25-40-38-12-8-10-14-44(38)50(3,4)46(40)29-35/h7-30H,1-6H3. The van der Waals surface area contributed by atoms with Gasteiger partial charge in [-0.1, -0.05) is 163 Å². The summed E-state index contributed by atoms with van der Waals surface area (Å²) in [5.41, 5.74) is 24.2. The van der Waals surface area contributed by atoms with Gasteiger partial charge in [-0.2, -0.15) is 0 Å². The van der Waals surface area contributed by atoms with Gasteiger partial charge in [0.25, 0.3) is 0 Å². The Labute approximate surface area is 302 Å². The molecule has 0 bridgehead atoms. The van der Waals surface area contributed by atoms with Crippen LogP contribution in [0.25, 0.3) is 66.8 Å². The molecule has 7 aromatic rings. The van der Waals surface area contributed by atoms with E-state index in [0.717, 1.165) is 0 Å². The summed E-state index contributed by atoms with van der Waals surface area (Å²) in [7, 11) is 0. The van der Waals surface area contributed by atoms with E-state index >= 15 is 0 Å². The summed E-state index contributed by atoms with van der Waals surface area (Å²) < 4.78 is 0. The van der Waals surface area contributed by atoms with Gasteiger partial charge < -0.3 is 0 Å². The van der Waals surface area contributed by atoms with Crippen LogP contribution in [0.3, 0.4) is 0 Å². The molecular weight excluding hydrogens is 613 g/mol. The molecule has 0 unspecified atom stereocenters. The number of hydrogen-bond acceptors (Lipinski definition) is 0. The first-order valence-electron chi connectivity index (χ1n) is 18.4. The molecule has 0 amide bonds. The van der Waals surface area contributed by atoms with E-state index in [0.29, 0.717) is 0 Å². The first-order valence-corrected chi connectivity index (χ1v) is 18.4. The lowest BCUT2D eigenvalue weighted by Gasteiger charge is -2.23. The van der Waals surface area contributed by atoms with Crippen molar-refractivity contribution in [3.8, 4) is 66.8 Å². The quantitative estimate of drug-likeness (QED) is 0.178. The Morgan fingerprint density at radius 1 is 0.235 bits per heavy atom. The molecule has 246 valence electrons. The Morgan fingerprint density at radius 3 is 0.804 bits per heavy atom. The van der Waals surface area contributed by atoms with Crippen LogP contribution in [0.15, 0.2) is 146 Å². The van der Waals surface area contributed by atoms with Crippen LogP contribution in [-0.4, -0.2) is 0 Å². The van der Waals surface area contributed by atoms with E-state index in [1.165, 1.54) is 100 Å². The summed E-state index contributed by atoms with van der Waals surface area (Å²) in [6.07, 6.45) is 0. The summed E-state index contributed by atoms with van der Waals surface area (Å²) in [5, 5.41) is 0. The molecule has 0 atom stereocenters. The molecule has 3 aliphatic carbocycles. The Hall–Kier alpha value is -5.46. The van der Waals surface area contributed by atoms with Crippen LogP contribution < -0.4 is 0 Å². The van der Waals surface area contributed by atoms with Gasteiger partial charge in [-0.05, 0) is 124 Å². The molecule has 0 nitrogen and oxygen atoms in total. The Morgan fingerprint density at radius 2 is 0.471 bits per heavy atom. The normalized spacial score (nSPS) is 16.1. The van der Waals surface area contributed by atoms with E-state index in [2.05, 4.69) is 187 Å². The van der Waals surface area contributed by atoms with Crippen LogP contribution in [0.5, 0.6) is 0 Å². The summed E-state index contributed by atoms with van der Waals surface area (Å²) >= 11 is 0. The van der Waals surface area contributed by atoms with Crippen molar-refractivity contribution in [3.63, 3.8) is 0 Å². The van der Waals surface area contributed by atoms with Gasteiger partial charge >= 0.3 is 0 Å². The second-order valence-corrected chi connectivity index (χ2v) is 16.6. The van der Waals surface area contributed by atoms with Crippen LogP contribution >= 0.6 is 0 Å². The predicted octanol–water partition coefficient (Wildman–Crippen LogP) is 13.6. The number of benzene rings is 7. The fourth-order valence-corrected chi connectivity index (χ4v) is 9.72. The molecule has 3 aliphatic rings. The average molecular weight is 655 g/mol. The zero-order valence-corrected chi connectivity index (χ0v) is 30.4. The van der Waals surface area contributed by atoms with E-state index < -0.39 is 0 Å². The molecule has 51 heavy (non-hydrogen) atoms. The molecule has 0 fully saturated rings. The minimum atomic E-state index is -0.0995. The SMILES string of the molecule is CC1(C)c2ccccc2-c2ccc(-c3ccc(-c4ccc5c(c4)C(C)(C)c4cc(-c6ccc7c(c6)C(C)(C)c6ccccc6-7)ccc4-5)cc3)cc21. The molecule has 0 aliphatic heterocycles. The van der Waals surface area contributed by atoms with Crippen molar-refractivity contribution in [2.24, 2.45) is 0 Å². The molecule has 0 saturated carbocycles. The highest BCUT2D eigenvalue weighted by molar-refractivity contribution is 5.88. The minimum Gasteiger partial charge on any atom is -0.0619 e. The first-order chi connectivity index (χ1) is 24.5. The van der Waals surface area contributed by atoms with Gasteiger partial charge in [-0.3, -0.25) is 0 Å². The minimum absolute atomic E-state index is 0.00205. The number of hydrogen-bond donors (Lipinski definition) is 0. The number of rotatable bonds is 3. The first kappa shape index (κ1) is 30.4. The van der Waals surface area contributed by atoms with Gasteiger partial charge in [-0.15, -0.1) is 0 Å². The number of fused-ring (bicyclic) bond motifs is 9. The van der Waals surface area contributed by atoms with Crippen molar-refractivity contribution >= 4 is 0 Å². The fraction of sp³-hybridized carbons (Fsp3) is 0.176. The lowest BCUT2D eigenvalue weighted by molar-refractivity contribution is 0.659. The maximum absolute atomic E-state index is 2.46. The Balaban J connectivity index is 0.957. The van der Waals surface area contributed by atoms with Crippen LogP contribution in [0.1, 0.15) is 74.9 Å². The Kier molecular flexibility index (Phi) is 6.13. The van der Waals surface area contributed by atoms with Crippen molar-refractivity contribution in [2.75, 3.05) is 0 Å². The Bertz CT molecular complexity index is 2590. The zero-order chi connectivity index (χ0) is 34.9. The second kappa shape index (κ2) is 10.3. The maximum Gasteiger partial charge on any atom is 0.0159 e.